The maximum absolute atomic E-state index is 10.6. The van der Waals surface area contributed by atoms with Crippen LogP contribution in [0.25, 0.3) is 0 Å². The van der Waals surface area contributed by atoms with E-state index in [2.05, 4.69) is 0 Å². The second kappa shape index (κ2) is 5.32. The molecule has 0 aromatic heterocycles. The minimum absolute atomic E-state index is 0.0797. The van der Waals surface area contributed by atoms with Crippen molar-refractivity contribution in [3.8, 4) is 0 Å². The van der Waals surface area contributed by atoms with Crippen LogP contribution in [-0.4, -0.2) is 34.1 Å². The molecule has 0 atom stereocenters. The van der Waals surface area contributed by atoms with E-state index in [-0.39, 0.29) is 11.4 Å². The molecule has 1 rings (SSSR count). The monoisotopic (exact) mass is 253 g/mol. The van der Waals surface area contributed by atoms with E-state index in [9.17, 15) is 15.2 Å². The lowest BCUT2D eigenvalue weighted by atomic mass is 10.1. The number of aliphatic hydroxyl groups is 1. The van der Waals surface area contributed by atoms with Gasteiger partial charge in [-0.05, 0) is 32.5 Å². The van der Waals surface area contributed by atoms with Gasteiger partial charge in [-0.1, -0.05) is 6.07 Å². The summed E-state index contributed by atoms with van der Waals surface area (Å²) in [5.74, 6) is 0. The number of rotatable bonds is 5. The largest absolute Gasteiger partial charge is 0.393 e. The van der Waals surface area contributed by atoms with Gasteiger partial charge < -0.3 is 10.8 Å². The predicted octanol–water partition coefficient (Wildman–Crippen LogP) is 1.38. The molecule has 0 aliphatic carbocycles. The van der Waals surface area contributed by atoms with Crippen molar-refractivity contribution in [2.24, 2.45) is 0 Å². The van der Waals surface area contributed by atoms with Gasteiger partial charge in [-0.2, -0.15) is 0 Å². The highest BCUT2D eigenvalue weighted by atomic mass is 16.6. The second-order valence-corrected chi connectivity index (χ2v) is 5.14. The molecule has 100 valence electrons. The Labute approximate surface area is 106 Å². The first-order chi connectivity index (χ1) is 8.19. The third kappa shape index (κ3) is 4.31. The SMILES string of the molecule is CN(Cc1ccc([N+](=O)[O-])c(N)c1)CC(C)(C)O. The molecule has 0 aliphatic rings. The Kier molecular flexibility index (Phi) is 4.26. The van der Waals surface area contributed by atoms with Crippen molar-refractivity contribution in [3.63, 3.8) is 0 Å². The zero-order valence-electron chi connectivity index (χ0n) is 10.9. The molecule has 18 heavy (non-hydrogen) atoms. The van der Waals surface area contributed by atoms with E-state index >= 15 is 0 Å². The van der Waals surface area contributed by atoms with Gasteiger partial charge in [-0.3, -0.25) is 15.0 Å². The van der Waals surface area contributed by atoms with Crippen LogP contribution in [0.4, 0.5) is 11.4 Å². The molecule has 1 aromatic carbocycles. The Balaban J connectivity index is 2.75. The number of nitro groups is 1. The van der Waals surface area contributed by atoms with E-state index in [4.69, 9.17) is 5.73 Å². The first-order valence-electron chi connectivity index (χ1n) is 5.63. The number of nitro benzene ring substituents is 1. The Hall–Kier alpha value is -1.66. The molecule has 0 bridgehead atoms. The second-order valence-electron chi connectivity index (χ2n) is 5.14. The van der Waals surface area contributed by atoms with Crippen LogP contribution in [0.1, 0.15) is 19.4 Å². The molecule has 0 amide bonds. The fourth-order valence-corrected chi connectivity index (χ4v) is 1.90. The number of nitrogens with two attached hydrogens (primary N) is 1. The van der Waals surface area contributed by atoms with Crippen molar-refractivity contribution in [2.45, 2.75) is 26.0 Å². The lowest BCUT2D eigenvalue weighted by Crippen LogP contribution is -2.35. The molecular formula is C12H19N3O3. The van der Waals surface area contributed by atoms with Gasteiger partial charge in [0.25, 0.3) is 5.69 Å². The van der Waals surface area contributed by atoms with E-state index in [1.54, 1.807) is 26.0 Å². The van der Waals surface area contributed by atoms with Crippen molar-refractivity contribution in [2.75, 3.05) is 19.3 Å². The van der Waals surface area contributed by atoms with Gasteiger partial charge in [0.05, 0.1) is 10.5 Å². The average molecular weight is 253 g/mol. The van der Waals surface area contributed by atoms with Crippen LogP contribution in [0.2, 0.25) is 0 Å². The highest BCUT2D eigenvalue weighted by Gasteiger charge is 2.16. The summed E-state index contributed by atoms with van der Waals surface area (Å²) in [7, 11) is 1.87. The summed E-state index contributed by atoms with van der Waals surface area (Å²) in [4.78, 5) is 12.1. The van der Waals surface area contributed by atoms with E-state index < -0.39 is 10.5 Å². The number of likely N-dealkylation sites (N-methyl/N-ethyl adjacent to an activating group) is 1. The van der Waals surface area contributed by atoms with E-state index in [0.29, 0.717) is 13.1 Å². The number of anilines is 1. The van der Waals surface area contributed by atoms with Gasteiger partial charge in [0, 0.05) is 19.2 Å². The van der Waals surface area contributed by atoms with Gasteiger partial charge in [-0.15, -0.1) is 0 Å². The van der Waals surface area contributed by atoms with Gasteiger partial charge in [-0.25, -0.2) is 0 Å². The van der Waals surface area contributed by atoms with Crippen LogP contribution >= 0.6 is 0 Å². The van der Waals surface area contributed by atoms with Crippen LogP contribution < -0.4 is 5.73 Å². The predicted molar refractivity (Wildman–Crippen MR) is 70.1 cm³/mol. The standard InChI is InChI=1S/C12H19N3O3/c1-12(2,16)8-14(3)7-9-4-5-11(15(17)18)10(13)6-9/h4-6,16H,7-8,13H2,1-3H3. The third-order valence-electron chi connectivity index (χ3n) is 2.40. The van der Waals surface area contributed by atoms with Crippen molar-refractivity contribution >= 4 is 11.4 Å². The molecule has 0 fully saturated rings. The molecule has 0 radical (unpaired) electrons. The molecule has 0 saturated heterocycles. The number of nitrogens with zero attached hydrogens (tertiary/aromatic N) is 2. The lowest BCUT2D eigenvalue weighted by molar-refractivity contribution is -0.383. The van der Waals surface area contributed by atoms with Gasteiger partial charge in [0.2, 0.25) is 0 Å². The van der Waals surface area contributed by atoms with E-state index in [0.717, 1.165) is 5.56 Å². The van der Waals surface area contributed by atoms with Crippen LogP contribution in [0, 0.1) is 10.1 Å². The fraction of sp³-hybridized carbons (Fsp3) is 0.500. The molecule has 3 N–H and O–H groups in total. The van der Waals surface area contributed by atoms with Crippen LogP contribution in [-0.2, 0) is 6.54 Å². The Bertz CT molecular complexity index is 441. The first kappa shape index (κ1) is 14.4. The molecular weight excluding hydrogens is 234 g/mol. The summed E-state index contributed by atoms with van der Waals surface area (Å²) >= 11 is 0. The Morgan fingerprint density at radius 3 is 2.56 bits per heavy atom. The molecule has 0 aliphatic heterocycles. The highest BCUT2D eigenvalue weighted by molar-refractivity contribution is 5.59. The van der Waals surface area contributed by atoms with Crippen molar-refractivity contribution in [1.29, 1.82) is 0 Å². The zero-order chi connectivity index (χ0) is 13.9. The van der Waals surface area contributed by atoms with Crippen LogP contribution in [0.5, 0.6) is 0 Å². The van der Waals surface area contributed by atoms with Crippen LogP contribution in [0.15, 0.2) is 18.2 Å². The van der Waals surface area contributed by atoms with E-state index in [1.807, 2.05) is 11.9 Å². The third-order valence-corrected chi connectivity index (χ3v) is 2.40. The zero-order valence-corrected chi connectivity index (χ0v) is 10.9. The fourth-order valence-electron chi connectivity index (χ4n) is 1.90. The lowest BCUT2D eigenvalue weighted by Gasteiger charge is -2.25. The maximum atomic E-state index is 10.6. The molecule has 6 heteroatoms. The molecule has 0 saturated carbocycles. The van der Waals surface area contributed by atoms with Crippen molar-refractivity contribution < 1.29 is 10.0 Å². The van der Waals surface area contributed by atoms with Crippen molar-refractivity contribution in [1.82, 2.24) is 4.90 Å². The van der Waals surface area contributed by atoms with Gasteiger partial charge >= 0.3 is 0 Å². The summed E-state index contributed by atoms with van der Waals surface area (Å²) in [6, 6.07) is 4.68. The summed E-state index contributed by atoms with van der Waals surface area (Å²) in [6.45, 7) is 4.54. The average Bonchev–Trinajstić information content (AvgIpc) is 2.13. The van der Waals surface area contributed by atoms with Crippen LogP contribution in [0.3, 0.4) is 0 Å². The molecule has 6 nitrogen and oxygen atoms in total. The van der Waals surface area contributed by atoms with Gasteiger partial charge in [0.1, 0.15) is 5.69 Å². The molecule has 0 spiro atoms. The molecule has 0 unspecified atom stereocenters. The summed E-state index contributed by atoms with van der Waals surface area (Å²) in [5.41, 5.74) is 5.80. The minimum Gasteiger partial charge on any atom is -0.393 e. The Morgan fingerprint density at radius 1 is 1.50 bits per heavy atom. The smallest absolute Gasteiger partial charge is 0.292 e. The molecule has 0 heterocycles. The number of benzene rings is 1. The Morgan fingerprint density at radius 2 is 2.11 bits per heavy atom. The van der Waals surface area contributed by atoms with Crippen molar-refractivity contribution in [3.05, 3.63) is 33.9 Å². The summed E-state index contributed by atoms with van der Waals surface area (Å²) < 4.78 is 0. The van der Waals surface area contributed by atoms with E-state index in [1.165, 1.54) is 6.07 Å². The highest BCUT2D eigenvalue weighted by Crippen LogP contribution is 2.22. The normalized spacial score (nSPS) is 11.8. The topological polar surface area (TPSA) is 92.6 Å². The first-order valence-corrected chi connectivity index (χ1v) is 5.63. The number of nitrogen functional groups attached to an aromatic ring is 1. The number of hydrogen-bond donors (Lipinski definition) is 2. The quantitative estimate of drug-likeness (QED) is 0.470. The summed E-state index contributed by atoms with van der Waals surface area (Å²) in [5, 5.41) is 20.3. The van der Waals surface area contributed by atoms with Gasteiger partial charge in [0.15, 0.2) is 0 Å². The maximum Gasteiger partial charge on any atom is 0.292 e. The minimum atomic E-state index is -0.777. The summed E-state index contributed by atoms with van der Waals surface area (Å²) in [6.07, 6.45) is 0. The molecule has 1 aromatic rings. The number of hydrogen-bond acceptors (Lipinski definition) is 5.